The van der Waals surface area contributed by atoms with Crippen LogP contribution in [0.5, 0.6) is 0 Å². The summed E-state index contributed by atoms with van der Waals surface area (Å²) in [5.41, 5.74) is 3.55. The summed E-state index contributed by atoms with van der Waals surface area (Å²) in [6.45, 7) is 7.55. The molecular formula is C26H34FN5O2. The maximum Gasteiger partial charge on any atom is 0.407 e. The van der Waals surface area contributed by atoms with Crippen LogP contribution in [0.2, 0.25) is 0 Å². The molecule has 3 aromatic heterocycles. The van der Waals surface area contributed by atoms with Gasteiger partial charge in [0.25, 0.3) is 0 Å². The van der Waals surface area contributed by atoms with E-state index in [4.69, 9.17) is 9.72 Å². The van der Waals surface area contributed by atoms with Gasteiger partial charge in [-0.2, -0.15) is 4.39 Å². The minimum atomic E-state index is -0.388. The average Bonchev–Trinajstić information content (AvgIpc) is 3.20. The topological polar surface area (TPSA) is 71.8 Å². The van der Waals surface area contributed by atoms with Crippen LogP contribution in [0.1, 0.15) is 69.4 Å². The zero-order valence-corrected chi connectivity index (χ0v) is 20.3. The first-order valence-electron chi connectivity index (χ1n) is 12.1. The lowest BCUT2D eigenvalue weighted by molar-refractivity contribution is 0.127. The van der Waals surface area contributed by atoms with Gasteiger partial charge in [0.2, 0.25) is 0 Å². The molecule has 0 fully saturated rings. The second kappa shape index (κ2) is 10.5. The molecule has 0 saturated carbocycles. The smallest absolute Gasteiger partial charge is 0.407 e. The van der Waals surface area contributed by atoms with E-state index in [9.17, 15) is 9.18 Å². The van der Waals surface area contributed by atoms with Gasteiger partial charge in [-0.25, -0.2) is 9.78 Å². The third kappa shape index (κ3) is 6.11. The van der Waals surface area contributed by atoms with Crippen LogP contribution in [-0.2, 0) is 17.7 Å². The maximum atomic E-state index is 14.2. The molecule has 0 aliphatic heterocycles. The summed E-state index contributed by atoms with van der Waals surface area (Å²) < 4.78 is 21.0. The van der Waals surface area contributed by atoms with Crippen LogP contribution >= 0.6 is 0 Å². The number of unbranched alkanes of at least 4 members (excludes halogenated alkanes) is 1. The number of fused-ring (bicyclic) bond motifs is 2. The van der Waals surface area contributed by atoms with Crippen molar-refractivity contribution in [1.82, 2.24) is 24.6 Å². The average molecular weight is 468 g/mol. The predicted octanol–water partition coefficient (Wildman–Crippen LogP) is 5.05. The van der Waals surface area contributed by atoms with Gasteiger partial charge in [0.1, 0.15) is 5.65 Å². The summed E-state index contributed by atoms with van der Waals surface area (Å²) in [5.74, 6) is -0.321. The minimum Gasteiger partial charge on any atom is -0.450 e. The Kier molecular flexibility index (Phi) is 7.46. The lowest BCUT2D eigenvalue weighted by atomic mass is 9.90. The van der Waals surface area contributed by atoms with Crippen molar-refractivity contribution < 1.29 is 13.9 Å². The van der Waals surface area contributed by atoms with Crippen LogP contribution in [0.25, 0.3) is 5.65 Å². The Morgan fingerprint density at radius 2 is 2.12 bits per heavy atom. The van der Waals surface area contributed by atoms with Gasteiger partial charge in [0, 0.05) is 24.5 Å². The number of halogens is 1. The number of nitrogens with one attached hydrogen (secondary N) is 1. The van der Waals surface area contributed by atoms with E-state index in [2.05, 4.69) is 21.3 Å². The van der Waals surface area contributed by atoms with Crippen molar-refractivity contribution in [1.29, 1.82) is 0 Å². The van der Waals surface area contributed by atoms with E-state index < -0.39 is 0 Å². The van der Waals surface area contributed by atoms with Crippen molar-refractivity contribution in [3.8, 4) is 0 Å². The molecule has 1 atom stereocenters. The molecule has 3 aromatic rings. The molecule has 182 valence electrons. The van der Waals surface area contributed by atoms with Crippen molar-refractivity contribution in [3.05, 3.63) is 65.6 Å². The number of pyridine rings is 2. The van der Waals surface area contributed by atoms with Crippen LogP contribution in [0.15, 0.2) is 42.7 Å². The first-order valence-corrected chi connectivity index (χ1v) is 12.1. The summed E-state index contributed by atoms with van der Waals surface area (Å²) in [5, 5.41) is 2.81. The molecule has 0 aromatic carbocycles. The Morgan fingerprint density at radius 3 is 2.91 bits per heavy atom. The van der Waals surface area contributed by atoms with Gasteiger partial charge in [0.05, 0.1) is 24.0 Å². The lowest BCUT2D eigenvalue weighted by Gasteiger charge is -2.34. The summed E-state index contributed by atoms with van der Waals surface area (Å²) in [6.07, 6.45) is 8.05. The molecular weight excluding hydrogens is 433 g/mol. The standard InChI is InChI=1S/C26H34FN5O2/c1-26(2,3)30-25(33)34-16-5-4-15-31(21-11-6-9-19-10-8-14-28-24(19)21)17-20-18-32-22(27)12-7-13-23(32)29-20/h7-8,10,12-14,18,21H,4-6,9,11,15-17H2,1-3H3,(H,30,33). The molecule has 1 aliphatic rings. The van der Waals surface area contributed by atoms with Crippen molar-refractivity contribution >= 4 is 11.7 Å². The van der Waals surface area contributed by atoms with E-state index in [1.54, 1.807) is 12.3 Å². The molecule has 1 amide bonds. The number of ether oxygens (including phenoxy) is 1. The Hall–Kier alpha value is -3.00. The molecule has 34 heavy (non-hydrogen) atoms. The lowest BCUT2D eigenvalue weighted by Crippen LogP contribution is -2.41. The second-order valence-corrected chi connectivity index (χ2v) is 9.95. The molecule has 8 heteroatoms. The largest absolute Gasteiger partial charge is 0.450 e. The molecule has 3 heterocycles. The van der Waals surface area contributed by atoms with Gasteiger partial charge in [-0.05, 0) is 83.2 Å². The molecule has 1 aliphatic carbocycles. The van der Waals surface area contributed by atoms with E-state index >= 15 is 0 Å². The Labute approximate surface area is 200 Å². The van der Waals surface area contributed by atoms with E-state index in [1.165, 1.54) is 16.0 Å². The van der Waals surface area contributed by atoms with Crippen LogP contribution in [0, 0.1) is 5.95 Å². The zero-order valence-electron chi connectivity index (χ0n) is 20.3. The number of rotatable bonds is 8. The fourth-order valence-electron chi connectivity index (χ4n) is 4.52. The molecule has 1 N–H and O–H groups in total. The second-order valence-electron chi connectivity index (χ2n) is 9.95. The van der Waals surface area contributed by atoms with Crippen LogP contribution in [0.4, 0.5) is 9.18 Å². The van der Waals surface area contributed by atoms with Crippen molar-refractivity contribution in [2.75, 3.05) is 13.2 Å². The van der Waals surface area contributed by atoms with E-state index in [1.807, 2.05) is 39.1 Å². The Morgan fingerprint density at radius 1 is 1.26 bits per heavy atom. The third-order valence-electron chi connectivity index (χ3n) is 6.01. The SMILES string of the molecule is CC(C)(C)NC(=O)OCCCCN(Cc1cn2c(F)cccc2n1)C1CCCc2cccnc21. The van der Waals surface area contributed by atoms with E-state index in [0.717, 1.165) is 50.0 Å². The number of hydrogen-bond acceptors (Lipinski definition) is 5. The molecule has 7 nitrogen and oxygen atoms in total. The quantitative estimate of drug-likeness (QED) is 0.371. The number of nitrogens with zero attached hydrogens (tertiary/aromatic N) is 4. The molecule has 0 radical (unpaired) electrons. The molecule has 0 saturated heterocycles. The monoisotopic (exact) mass is 467 g/mol. The number of carbonyl (C=O) groups excluding carboxylic acids is 1. The fourth-order valence-corrected chi connectivity index (χ4v) is 4.52. The van der Waals surface area contributed by atoms with Gasteiger partial charge in [-0.1, -0.05) is 12.1 Å². The number of alkyl carbamates (subject to hydrolysis) is 1. The number of carbonyl (C=O) groups is 1. The summed E-state index contributed by atoms with van der Waals surface area (Å²) in [7, 11) is 0. The predicted molar refractivity (Wildman–Crippen MR) is 129 cm³/mol. The highest BCUT2D eigenvalue weighted by Gasteiger charge is 2.27. The number of aromatic nitrogens is 3. The molecule has 0 bridgehead atoms. The van der Waals surface area contributed by atoms with Gasteiger partial charge < -0.3 is 10.1 Å². The van der Waals surface area contributed by atoms with Gasteiger partial charge >= 0.3 is 6.09 Å². The highest BCUT2D eigenvalue weighted by molar-refractivity contribution is 5.68. The number of imidazole rings is 1. The molecule has 0 spiro atoms. The van der Waals surface area contributed by atoms with Gasteiger partial charge in [0.15, 0.2) is 5.95 Å². The fraction of sp³-hybridized carbons (Fsp3) is 0.500. The van der Waals surface area contributed by atoms with Crippen molar-refractivity contribution in [2.45, 2.75) is 71.0 Å². The normalized spacial score (nSPS) is 16.0. The van der Waals surface area contributed by atoms with Crippen molar-refractivity contribution in [3.63, 3.8) is 0 Å². The summed E-state index contributed by atoms with van der Waals surface area (Å²) in [4.78, 5) is 23.7. The van der Waals surface area contributed by atoms with Crippen LogP contribution in [0.3, 0.4) is 0 Å². The highest BCUT2D eigenvalue weighted by atomic mass is 19.1. The van der Waals surface area contributed by atoms with E-state index in [0.29, 0.717) is 18.8 Å². The maximum absolute atomic E-state index is 14.2. The van der Waals surface area contributed by atoms with Gasteiger partial charge in [-0.15, -0.1) is 0 Å². The number of aryl methyl sites for hydroxylation is 1. The first kappa shape index (κ1) is 24.1. The number of hydrogen-bond donors (Lipinski definition) is 1. The molecule has 1 unspecified atom stereocenters. The van der Waals surface area contributed by atoms with Crippen LogP contribution < -0.4 is 5.32 Å². The summed E-state index contributed by atoms with van der Waals surface area (Å²) >= 11 is 0. The molecule has 4 rings (SSSR count). The summed E-state index contributed by atoms with van der Waals surface area (Å²) in [6, 6.07) is 9.27. The van der Waals surface area contributed by atoms with Gasteiger partial charge in [-0.3, -0.25) is 14.3 Å². The Balaban J connectivity index is 1.44. The Bertz CT molecular complexity index is 1120. The highest BCUT2D eigenvalue weighted by Crippen LogP contribution is 2.34. The number of amides is 1. The van der Waals surface area contributed by atoms with Crippen molar-refractivity contribution in [2.24, 2.45) is 0 Å². The van der Waals surface area contributed by atoms with Crippen LogP contribution in [-0.4, -0.2) is 44.1 Å². The minimum absolute atomic E-state index is 0.185. The van der Waals surface area contributed by atoms with E-state index in [-0.39, 0.29) is 23.6 Å². The first-order chi connectivity index (χ1) is 16.3. The third-order valence-corrected chi connectivity index (χ3v) is 6.01. The zero-order chi connectivity index (χ0) is 24.1.